The molecule has 358 valence electrons. The molecule has 0 saturated heterocycles. The van der Waals surface area contributed by atoms with Gasteiger partial charge in [-0.15, -0.1) is 0 Å². The van der Waals surface area contributed by atoms with E-state index in [0.29, 0.717) is 0 Å². The van der Waals surface area contributed by atoms with E-state index in [1.54, 1.807) is 0 Å². The van der Waals surface area contributed by atoms with E-state index in [1.165, 1.54) is 71.9 Å². The van der Waals surface area contributed by atoms with Gasteiger partial charge in [0.2, 0.25) is 0 Å². The lowest BCUT2D eigenvalue weighted by Crippen LogP contribution is -2.28. The van der Waals surface area contributed by atoms with Gasteiger partial charge in [-0.25, -0.2) is 0 Å². The fourth-order valence-corrected chi connectivity index (χ4v) is 12.8. The van der Waals surface area contributed by atoms with E-state index in [2.05, 4.69) is 295 Å². The summed E-state index contributed by atoms with van der Waals surface area (Å²) in [4.78, 5) is 2.47. The van der Waals surface area contributed by atoms with Crippen molar-refractivity contribution in [2.45, 2.75) is 17.8 Å². The highest BCUT2D eigenvalue weighted by molar-refractivity contribution is 6.14. The number of hydrogen-bond donors (Lipinski definition) is 0. The Hall–Kier alpha value is -9.70. The maximum Gasteiger partial charge on any atom is 0.139 e. The van der Waals surface area contributed by atoms with Crippen LogP contribution < -0.4 is 4.90 Å². The van der Waals surface area contributed by atoms with Crippen molar-refractivity contribution < 1.29 is 4.42 Å². The fourth-order valence-electron chi connectivity index (χ4n) is 12.8. The van der Waals surface area contributed by atoms with Gasteiger partial charge in [0.05, 0.1) is 27.5 Å². The van der Waals surface area contributed by atoms with Gasteiger partial charge in [0, 0.05) is 44.7 Å². The van der Waals surface area contributed by atoms with Crippen LogP contribution in [0.1, 0.15) is 40.2 Å². The maximum absolute atomic E-state index is 7.00. The van der Waals surface area contributed by atoms with Gasteiger partial charge in [0.1, 0.15) is 11.2 Å². The summed E-state index contributed by atoms with van der Waals surface area (Å²) >= 11 is 0. The van der Waals surface area contributed by atoms with E-state index < -0.39 is 5.41 Å². The highest BCUT2D eigenvalue weighted by Gasteiger charge is 2.46. The summed E-state index contributed by atoms with van der Waals surface area (Å²) in [5.74, 6) is 0.236. The van der Waals surface area contributed by atoms with Crippen LogP contribution in [0.15, 0.2) is 290 Å². The minimum atomic E-state index is -0.566. The zero-order chi connectivity index (χ0) is 50.2. The number of nitrogens with zero attached hydrogens (tertiary/aromatic N) is 2. The van der Waals surface area contributed by atoms with E-state index in [1.807, 2.05) is 0 Å². The lowest BCUT2D eigenvalue weighted by atomic mass is 9.67. The second kappa shape index (κ2) is 17.8. The number of fused-ring (bicyclic) bond motifs is 9. The van der Waals surface area contributed by atoms with Gasteiger partial charge < -0.3 is 13.9 Å². The predicted molar refractivity (Wildman–Crippen MR) is 317 cm³/mol. The number of allylic oxidation sites excluding steroid dienone is 4. The molecule has 1 atom stereocenters. The summed E-state index contributed by atoms with van der Waals surface area (Å²) in [6.45, 7) is 0. The minimum Gasteiger partial charge on any atom is -0.456 e. The van der Waals surface area contributed by atoms with E-state index in [4.69, 9.17) is 4.42 Å². The molecule has 2 aromatic heterocycles. The van der Waals surface area contributed by atoms with Crippen molar-refractivity contribution in [2.75, 3.05) is 4.90 Å². The number of furan rings is 1. The molecule has 13 aromatic rings. The van der Waals surface area contributed by atoms with E-state index in [0.717, 1.165) is 62.2 Å². The van der Waals surface area contributed by atoms with Crippen molar-refractivity contribution in [1.29, 1.82) is 0 Å². The van der Waals surface area contributed by atoms with Gasteiger partial charge >= 0.3 is 0 Å². The zero-order valence-electron chi connectivity index (χ0n) is 41.7. The summed E-state index contributed by atoms with van der Waals surface area (Å²) in [5.41, 5.74) is 21.3. The van der Waals surface area contributed by atoms with Crippen molar-refractivity contribution in [3.05, 3.63) is 313 Å². The molecule has 0 saturated carbocycles. The third-order valence-electron chi connectivity index (χ3n) is 16.2. The summed E-state index contributed by atoms with van der Waals surface area (Å²) in [6, 6.07) is 96.0. The molecular weight excluding hydrogens is 921 g/mol. The molecule has 76 heavy (non-hydrogen) atoms. The quantitative estimate of drug-likeness (QED) is 0.144. The summed E-state index contributed by atoms with van der Waals surface area (Å²) in [7, 11) is 0. The van der Waals surface area contributed by atoms with E-state index in [9.17, 15) is 0 Å². The van der Waals surface area contributed by atoms with Gasteiger partial charge in [-0.2, -0.15) is 0 Å². The van der Waals surface area contributed by atoms with Gasteiger partial charge in [0.15, 0.2) is 0 Å². The Balaban J connectivity index is 0.923. The molecule has 3 nitrogen and oxygen atoms in total. The Bertz CT molecular complexity index is 4400. The van der Waals surface area contributed by atoms with Crippen molar-refractivity contribution in [3.63, 3.8) is 0 Å². The van der Waals surface area contributed by atoms with Gasteiger partial charge in [0.25, 0.3) is 0 Å². The molecule has 1 unspecified atom stereocenters. The monoisotopic (exact) mass is 970 g/mol. The largest absolute Gasteiger partial charge is 0.456 e. The zero-order valence-corrected chi connectivity index (χ0v) is 41.7. The summed E-state index contributed by atoms with van der Waals surface area (Å²) in [5, 5.41) is 4.68. The number of anilines is 3. The Morgan fingerprint density at radius 3 is 1.86 bits per heavy atom. The second-order valence-corrected chi connectivity index (χ2v) is 20.3. The summed E-state index contributed by atoms with van der Waals surface area (Å²) < 4.78 is 9.38. The Labute approximate surface area is 442 Å². The number of aromatic nitrogens is 1. The molecule has 0 radical (unpaired) electrons. The normalized spacial score (nSPS) is 14.4. The van der Waals surface area contributed by atoms with Gasteiger partial charge in [-0.1, -0.05) is 212 Å². The molecular formula is C73H50N2O. The SMILES string of the molecule is C1=CCC(c2cccc3c2oc2cccc(N(c4cccc(-c5cccc(-c6ccc7c(c6)c6ccccc6n7-c6ccccc6)c5)c4)c4ccc5c(c4)C(c4ccccc4)(c4ccccc4)c4ccccc4-5)c23)C=C1. The molecule has 15 rings (SSSR count). The Kier molecular flexibility index (Phi) is 10.2. The average molecular weight is 971 g/mol. The maximum atomic E-state index is 7.00. The molecule has 0 N–H and O–H groups in total. The fraction of sp³-hybridized carbons (Fsp3) is 0.0411. The highest BCUT2D eigenvalue weighted by atomic mass is 16.3. The third kappa shape index (κ3) is 6.82. The topological polar surface area (TPSA) is 21.3 Å². The van der Waals surface area contributed by atoms with Crippen LogP contribution in [0, 0.1) is 0 Å². The van der Waals surface area contributed by atoms with Crippen LogP contribution in [0.3, 0.4) is 0 Å². The first kappa shape index (κ1) is 43.8. The second-order valence-electron chi connectivity index (χ2n) is 20.3. The smallest absolute Gasteiger partial charge is 0.139 e. The minimum absolute atomic E-state index is 0.236. The lowest BCUT2D eigenvalue weighted by molar-refractivity contribution is 0.657. The molecule has 2 aliphatic carbocycles. The Morgan fingerprint density at radius 2 is 1.07 bits per heavy atom. The number of para-hydroxylation sites is 3. The van der Waals surface area contributed by atoms with Gasteiger partial charge in [-0.3, -0.25) is 0 Å². The first-order chi connectivity index (χ1) is 37.7. The first-order valence-electron chi connectivity index (χ1n) is 26.4. The van der Waals surface area contributed by atoms with Crippen molar-refractivity contribution >= 4 is 60.8 Å². The summed E-state index contributed by atoms with van der Waals surface area (Å²) in [6.07, 6.45) is 9.79. The predicted octanol–water partition coefficient (Wildman–Crippen LogP) is 19.4. The van der Waals surface area contributed by atoms with Crippen LogP contribution in [-0.4, -0.2) is 4.57 Å². The lowest BCUT2D eigenvalue weighted by Gasteiger charge is -2.35. The first-order valence-corrected chi connectivity index (χ1v) is 26.4. The average Bonchev–Trinajstić information content (AvgIpc) is 4.17. The Morgan fingerprint density at radius 1 is 0.434 bits per heavy atom. The standard InChI is InChI=1S/C73H50N2O/c1-5-21-49(22-6-1)59-35-19-36-63-71-69(39-20-40-70(71)76-72(59)63)74(58-42-43-61-60-33-13-15-37-65(60)73(66(61)48-58,54-26-7-2-8-27-54)55-28-9-3-10-29-55)57-32-18-25-52(46-57)50-23-17-24-51(45-50)53-41-44-68-64(47-53)62-34-14-16-38-67(62)75(68)56-30-11-4-12-31-56/h1-21,23-49H,22H2. The van der Waals surface area contributed by atoms with Crippen LogP contribution >= 0.6 is 0 Å². The van der Waals surface area contributed by atoms with Crippen molar-refractivity contribution in [2.24, 2.45) is 0 Å². The number of benzene rings is 11. The molecule has 0 aliphatic heterocycles. The molecule has 0 amide bonds. The number of rotatable bonds is 9. The number of hydrogen-bond acceptors (Lipinski definition) is 2. The molecule has 2 aliphatic rings. The van der Waals surface area contributed by atoms with Crippen molar-refractivity contribution in [3.8, 4) is 39.1 Å². The van der Waals surface area contributed by atoms with Crippen LogP contribution in [-0.2, 0) is 5.41 Å². The highest BCUT2D eigenvalue weighted by Crippen LogP contribution is 2.58. The molecule has 11 aromatic carbocycles. The van der Waals surface area contributed by atoms with Crippen LogP contribution in [0.4, 0.5) is 17.1 Å². The van der Waals surface area contributed by atoms with Crippen LogP contribution in [0.2, 0.25) is 0 Å². The molecule has 3 heteroatoms. The molecule has 0 spiro atoms. The molecule has 0 fully saturated rings. The van der Waals surface area contributed by atoms with Crippen LogP contribution in [0.5, 0.6) is 0 Å². The van der Waals surface area contributed by atoms with E-state index in [-0.39, 0.29) is 5.92 Å². The van der Waals surface area contributed by atoms with Crippen LogP contribution in [0.25, 0.3) is 82.8 Å². The van der Waals surface area contributed by atoms with Crippen molar-refractivity contribution in [1.82, 2.24) is 4.57 Å². The molecule has 0 bridgehead atoms. The third-order valence-corrected chi connectivity index (χ3v) is 16.2. The molecule has 2 heterocycles. The van der Waals surface area contributed by atoms with Gasteiger partial charge in [-0.05, 0) is 135 Å². The van der Waals surface area contributed by atoms with E-state index >= 15 is 0 Å².